The summed E-state index contributed by atoms with van der Waals surface area (Å²) in [5.74, 6) is -0.165. The van der Waals surface area contributed by atoms with Crippen LogP contribution in [0, 0.1) is 6.92 Å². The monoisotopic (exact) mass is 340 g/mol. The first-order valence-corrected chi connectivity index (χ1v) is 9.64. The Bertz CT molecular complexity index is 639. The lowest BCUT2D eigenvalue weighted by Gasteiger charge is -2.22. The quantitative estimate of drug-likeness (QED) is 0.815. The van der Waals surface area contributed by atoms with E-state index >= 15 is 0 Å². The third-order valence-electron chi connectivity index (χ3n) is 3.78. The summed E-state index contributed by atoms with van der Waals surface area (Å²) in [7, 11) is -3.43. The smallest absolute Gasteiger partial charge is 0.232 e. The van der Waals surface area contributed by atoms with Crippen molar-refractivity contribution in [1.29, 1.82) is 0 Å². The lowest BCUT2D eigenvalue weighted by Crippen LogP contribution is -2.36. The van der Waals surface area contributed by atoms with Crippen LogP contribution in [0.15, 0.2) is 24.3 Å². The molecular weight excluding hydrogens is 316 g/mol. The van der Waals surface area contributed by atoms with E-state index in [1.807, 2.05) is 13.0 Å². The van der Waals surface area contributed by atoms with Crippen molar-refractivity contribution in [1.82, 2.24) is 5.32 Å². The van der Waals surface area contributed by atoms with Crippen molar-refractivity contribution in [2.75, 3.05) is 30.3 Å². The molecule has 0 saturated carbocycles. The van der Waals surface area contributed by atoms with Crippen LogP contribution in [0.4, 0.5) is 5.69 Å². The van der Waals surface area contributed by atoms with Gasteiger partial charge in [-0.1, -0.05) is 12.1 Å². The molecule has 1 heterocycles. The van der Waals surface area contributed by atoms with E-state index in [9.17, 15) is 13.2 Å². The number of nitrogens with zero attached hydrogens (tertiary/aromatic N) is 1. The van der Waals surface area contributed by atoms with Crippen molar-refractivity contribution < 1.29 is 17.9 Å². The predicted octanol–water partition coefficient (Wildman–Crippen LogP) is 1.45. The van der Waals surface area contributed by atoms with Crippen molar-refractivity contribution in [2.24, 2.45) is 0 Å². The van der Waals surface area contributed by atoms with Crippen LogP contribution in [0.25, 0.3) is 0 Å². The molecular formula is C16H24N2O4S. The number of rotatable bonds is 7. The van der Waals surface area contributed by atoms with Crippen LogP contribution >= 0.6 is 0 Å². The van der Waals surface area contributed by atoms with Gasteiger partial charge >= 0.3 is 0 Å². The zero-order chi connectivity index (χ0) is 16.9. The summed E-state index contributed by atoms with van der Waals surface area (Å²) >= 11 is 0. The number of carbonyl (C=O) groups excluding carboxylic acids is 1. The Kier molecular flexibility index (Phi) is 6.01. The van der Waals surface area contributed by atoms with E-state index in [2.05, 4.69) is 5.32 Å². The molecule has 23 heavy (non-hydrogen) atoms. The zero-order valence-electron chi connectivity index (χ0n) is 13.6. The van der Waals surface area contributed by atoms with Gasteiger partial charge in [-0.3, -0.25) is 9.10 Å². The molecule has 1 amide bonds. The van der Waals surface area contributed by atoms with Crippen LogP contribution in [-0.2, 0) is 19.6 Å². The molecule has 2 rings (SSSR count). The second-order valence-electron chi connectivity index (χ2n) is 5.86. The van der Waals surface area contributed by atoms with Gasteiger partial charge in [0.2, 0.25) is 15.9 Å². The third-order valence-corrected chi connectivity index (χ3v) is 4.98. The van der Waals surface area contributed by atoms with Gasteiger partial charge in [-0.15, -0.1) is 0 Å². The second-order valence-corrected chi connectivity index (χ2v) is 7.77. The maximum atomic E-state index is 12.0. The molecule has 1 aliphatic rings. The minimum Gasteiger partial charge on any atom is -0.376 e. The fourth-order valence-electron chi connectivity index (χ4n) is 2.59. The molecule has 1 saturated heterocycles. The maximum Gasteiger partial charge on any atom is 0.232 e. The molecule has 128 valence electrons. The summed E-state index contributed by atoms with van der Waals surface area (Å²) in [6, 6.07) is 7.24. The highest BCUT2D eigenvalue weighted by Gasteiger charge is 2.20. The van der Waals surface area contributed by atoms with E-state index in [0.29, 0.717) is 12.2 Å². The number of nitrogens with one attached hydrogen (secondary N) is 1. The molecule has 0 aromatic heterocycles. The number of anilines is 1. The molecule has 1 aromatic rings. The Labute approximate surface area is 137 Å². The van der Waals surface area contributed by atoms with Crippen molar-refractivity contribution in [2.45, 2.75) is 32.3 Å². The topological polar surface area (TPSA) is 75.7 Å². The summed E-state index contributed by atoms with van der Waals surface area (Å²) in [5, 5.41) is 2.81. The van der Waals surface area contributed by atoms with Crippen LogP contribution in [-0.4, -0.2) is 46.4 Å². The number of ether oxygens (including phenoxy) is 1. The molecule has 1 fully saturated rings. The highest BCUT2D eigenvalue weighted by atomic mass is 32.2. The molecule has 0 spiro atoms. The van der Waals surface area contributed by atoms with Gasteiger partial charge in [0.25, 0.3) is 0 Å². The zero-order valence-corrected chi connectivity index (χ0v) is 14.4. The number of benzene rings is 1. The van der Waals surface area contributed by atoms with E-state index in [4.69, 9.17) is 4.74 Å². The van der Waals surface area contributed by atoms with Crippen LogP contribution < -0.4 is 9.62 Å². The van der Waals surface area contributed by atoms with Gasteiger partial charge in [0.05, 0.1) is 18.0 Å². The van der Waals surface area contributed by atoms with Gasteiger partial charge in [-0.05, 0) is 37.5 Å². The maximum absolute atomic E-state index is 12.0. The largest absolute Gasteiger partial charge is 0.376 e. The van der Waals surface area contributed by atoms with Gasteiger partial charge < -0.3 is 10.1 Å². The van der Waals surface area contributed by atoms with Crippen LogP contribution in [0.2, 0.25) is 0 Å². The van der Waals surface area contributed by atoms with Gasteiger partial charge in [0.1, 0.15) is 0 Å². The number of hydrogen-bond donors (Lipinski definition) is 1. The fraction of sp³-hybridized carbons (Fsp3) is 0.562. The van der Waals surface area contributed by atoms with Gasteiger partial charge in [0, 0.05) is 26.1 Å². The molecule has 1 aromatic carbocycles. The summed E-state index contributed by atoms with van der Waals surface area (Å²) in [6.45, 7) is 3.26. The molecule has 0 bridgehead atoms. The molecule has 0 aliphatic carbocycles. The minimum atomic E-state index is -3.43. The Balaban J connectivity index is 1.92. The van der Waals surface area contributed by atoms with Gasteiger partial charge in [-0.25, -0.2) is 8.42 Å². The van der Waals surface area contributed by atoms with E-state index < -0.39 is 10.0 Å². The first kappa shape index (κ1) is 17.7. The van der Waals surface area contributed by atoms with E-state index in [1.165, 1.54) is 4.31 Å². The van der Waals surface area contributed by atoms with Crippen LogP contribution in [0.5, 0.6) is 0 Å². The summed E-state index contributed by atoms with van der Waals surface area (Å²) in [5.41, 5.74) is 1.55. The minimum absolute atomic E-state index is 0.0849. The molecule has 1 unspecified atom stereocenters. The van der Waals surface area contributed by atoms with Crippen molar-refractivity contribution >= 4 is 21.6 Å². The highest BCUT2D eigenvalue weighted by Crippen LogP contribution is 2.19. The van der Waals surface area contributed by atoms with E-state index in [-0.39, 0.29) is 25.0 Å². The first-order valence-electron chi connectivity index (χ1n) is 7.79. The number of carbonyl (C=O) groups is 1. The van der Waals surface area contributed by atoms with Gasteiger partial charge in [0.15, 0.2) is 0 Å². The average molecular weight is 340 g/mol. The highest BCUT2D eigenvalue weighted by molar-refractivity contribution is 7.92. The molecule has 1 aliphatic heterocycles. The van der Waals surface area contributed by atoms with E-state index in [0.717, 1.165) is 31.3 Å². The van der Waals surface area contributed by atoms with Crippen molar-refractivity contribution in [3.05, 3.63) is 29.8 Å². The molecule has 1 atom stereocenters. The normalized spacial score (nSPS) is 17.9. The lowest BCUT2D eigenvalue weighted by atomic mass is 10.2. The third kappa shape index (κ3) is 5.51. The Hall–Kier alpha value is -1.60. The van der Waals surface area contributed by atoms with Crippen LogP contribution in [0.1, 0.15) is 24.8 Å². The number of sulfonamides is 1. The molecule has 6 nitrogen and oxygen atoms in total. The van der Waals surface area contributed by atoms with Crippen LogP contribution in [0.3, 0.4) is 0 Å². The average Bonchev–Trinajstić information content (AvgIpc) is 2.97. The predicted molar refractivity (Wildman–Crippen MR) is 90.0 cm³/mol. The lowest BCUT2D eigenvalue weighted by molar-refractivity contribution is -0.121. The Morgan fingerprint density at radius 3 is 2.83 bits per heavy atom. The first-order chi connectivity index (χ1) is 10.9. The Morgan fingerprint density at radius 1 is 1.43 bits per heavy atom. The molecule has 7 heteroatoms. The number of hydrogen-bond acceptors (Lipinski definition) is 4. The Morgan fingerprint density at radius 2 is 2.22 bits per heavy atom. The van der Waals surface area contributed by atoms with Crippen molar-refractivity contribution in [3.63, 3.8) is 0 Å². The second kappa shape index (κ2) is 7.79. The summed E-state index contributed by atoms with van der Waals surface area (Å²) in [6.07, 6.45) is 3.34. The fourth-order valence-corrected chi connectivity index (χ4v) is 3.51. The molecule has 1 N–H and O–H groups in total. The summed E-state index contributed by atoms with van der Waals surface area (Å²) < 4.78 is 30.7. The standard InChI is InChI=1S/C16H24N2O4S/c1-13-5-3-6-14(11-13)18(23(2,20)21)9-8-16(19)17-12-15-7-4-10-22-15/h3,5-6,11,15H,4,7-10,12H2,1-2H3,(H,17,19). The summed E-state index contributed by atoms with van der Waals surface area (Å²) in [4.78, 5) is 11.9. The number of aryl methyl sites for hydroxylation is 1. The number of amides is 1. The van der Waals surface area contributed by atoms with Gasteiger partial charge in [-0.2, -0.15) is 0 Å². The molecule has 0 radical (unpaired) electrons. The van der Waals surface area contributed by atoms with Crippen molar-refractivity contribution in [3.8, 4) is 0 Å². The SMILES string of the molecule is Cc1cccc(N(CCC(=O)NCC2CCCO2)S(C)(=O)=O)c1. The van der Waals surface area contributed by atoms with E-state index in [1.54, 1.807) is 18.2 Å².